The fourth-order valence-corrected chi connectivity index (χ4v) is 3.35. The molecule has 1 saturated carbocycles. The Morgan fingerprint density at radius 1 is 1.00 bits per heavy atom. The van der Waals surface area contributed by atoms with Gasteiger partial charge in [0.1, 0.15) is 0 Å². The highest BCUT2D eigenvalue weighted by Gasteiger charge is 2.23. The molecule has 2 heteroatoms. The van der Waals surface area contributed by atoms with Crippen molar-refractivity contribution in [2.45, 2.75) is 71.4 Å². The molecule has 1 aliphatic carbocycles. The molecule has 2 aliphatic rings. The van der Waals surface area contributed by atoms with Crippen LogP contribution in [0.4, 0.5) is 0 Å². The Balaban J connectivity index is 1.64. The Kier molecular flexibility index (Phi) is 5.90. The number of nitrogens with zero attached hydrogens (tertiary/aromatic N) is 1. The van der Waals surface area contributed by atoms with Gasteiger partial charge >= 0.3 is 0 Å². The van der Waals surface area contributed by atoms with Gasteiger partial charge in [-0.25, -0.2) is 0 Å². The number of nitrogens with one attached hydrogen (secondary N) is 1. The maximum atomic E-state index is 3.92. The molecule has 1 heterocycles. The van der Waals surface area contributed by atoms with Crippen LogP contribution < -0.4 is 5.32 Å². The van der Waals surface area contributed by atoms with Crippen molar-refractivity contribution < 1.29 is 0 Å². The molecule has 0 aromatic heterocycles. The van der Waals surface area contributed by atoms with Crippen LogP contribution in [0.3, 0.4) is 0 Å². The topological polar surface area (TPSA) is 15.3 Å². The van der Waals surface area contributed by atoms with Crippen molar-refractivity contribution in [3.8, 4) is 0 Å². The molecule has 0 radical (unpaired) electrons. The van der Waals surface area contributed by atoms with Crippen LogP contribution in [-0.2, 0) is 0 Å². The van der Waals surface area contributed by atoms with Crippen molar-refractivity contribution in [2.24, 2.45) is 5.92 Å². The van der Waals surface area contributed by atoms with E-state index >= 15 is 0 Å². The maximum Gasteiger partial charge on any atom is 0.0165 e. The van der Waals surface area contributed by atoms with E-state index in [9.17, 15) is 0 Å². The van der Waals surface area contributed by atoms with Crippen LogP contribution in [-0.4, -0.2) is 36.6 Å². The van der Waals surface area contributed by atoms with Gasteiger partial charge in [-0.15, -0.1) is 0 Å². The second kappa shape index (κ2) is 7.44. The lowest BCUT2D eigenvalue weighted by atomic mass is 9.86. The summed E-state index contributed by atoms with van der Waals surface area (Å²) in [6.07, 6.45) is 10.7. The molecule has 0 bridgehead atoms. The maximum absolute atomic E-state index is 3.92. The smallest absolute Gasteiger partial charge is 0.0165 e. The Bertz CT molecular complexity index is 278. The molecule has 2 nitrogen and oxygen atoms in total. The van der Waals surface area contributed by atoms with E-state index in [0.717, 1.165) is 24.5 Å². The van der Waals surface area contributed by atoms with Gasteiger partial charge in [-0.3, -0.25) is 4.90 Å². The molecule has 0 amide bonds. The number of hydrogen-bond acceptors (Lipinski definition) is 2. The first-order chi connectivity index (χ1) is 9.13. The monoisotopic (exact) mass is 264 g/mol. The van der Waals surface area contributed by atoms with Crippen LogP contribution in [0.25, 0.3) is 0 Å². The molecule has 1 N–H and O–H groups in total. The minimum absolute atomic E-state index is 0.779. The molecule has 0 spiro atoms. The summed E-state index contributed by atoms with van der Waals surface area (Å²) in [4.78, 5) is 2.59. The van der Waals surface area contributed by atoms with Gasteiger partial charge in [0, 0.05) is 18.6 Å². The van der Waals surface area contributed by atoms with Gasteiger partial charge in [0.15, 0.2) is 0 Å². The van der Waals surface area contributed by atoms with Gasteiger partial charge in [0.2, 0.25) is 0 Å². The van der Waals surface area contributed by atoms with Crippen LogP contribution >= 0.6 is 0 Å². The van der Waals surface area contributed by atoms with Crippen LogP contribution in [0.1, 0.15) is 59.3 Å². The van der Waals surface area contributed by atoms with Gasteiger partial charge in [-0.05, 0) is 71.4 Å². The van der Waals surface area contributed by atoms with E-state index in [1.165, 1.54) is 57.2 Å². The van der Waals surface area contributed by atoms with Crippen molar-refractivity contribution in [3.63, 3.8) is 0 Å². The van der Waals surface area contributed by atoms with Crippen molar-refractivity contribution in [3.05, 3.63) is 11.6 Å². The highest BCUT2D eigenvalue weighted by molar-refractivity contribution is 4.96. The summed E-state index contributed by atoms with van der Waals surface area (Å²) >= 11 is 0. The van der Waals surface area contributed by atoms with Gasteiger partial charge in [0.25, 0.3) is 0 Å². The van der Waals surface area contributed by atoms with Gasteiger partial charge in [-0.1, -0.05) is 18.6 Å². The molecular weight excluding hydrogens is 232 g/mol. The summed E-state index contributed by atoms with van der Waals surface area (Å²) in [6.45, 7) is 10.5. The SMILES string of the molecule is CC(C)=CCN1CCC(NC2CCC(C)CC2)CC1. The van der Waals surface area contributed by atoms with E-state index in [4.69, 9.17) is 0 Å². The summed E-state index contributed by atoms with van der Waals surface area (Å²) < 4.78 is 0. The number of piperidine rings is 1. The molecule has 0 aromatic carbocycles. The van der Waals surface area contributed by atoms with Gasteiger partial charge in [-0.2, -0.15) is 0 Å². The van der Waals surface area contributed by atoms with Crippen molar-refractivity contribution in [2.75, 3.05) is 19.6 Å². The fraction of sp³-hybridized carbons (Fsp3) is 0.882. The second-order valence-electron chi connectivity index (χ2n) is 6.98. The van der Waals surface area contributed by atoms with E-state index in [1.54, 1.807) is 0 Å². The van der Waals surface area contributed by atoms with Crippen molar-refractivity contribution in [1.29, 1.82) is 0 Å². The summed E-state index contributed by atoms with van der Waals surface area (Å²) in [5, 5.41) is 3.92. The lowest BCUT2D eigenvalue weighted by molar-refractivity contribution is 0.192. The molecule has 1 aliphatic heterocycles. The quantitative estimate of drug-likeness (QED) is 0.781. The van der Waals surface area contributed by atoms with E-state index in [1.807, 2.05) is 0 Å². The van der Waals surface area contributed by atoms with E-state index in [-0.39, 0.29) is 0 Å². The Morgan fingerprint density at radius 3 is 2.16 bits per heavy atom. The Labute approximate surface area is 119 Å². The minimum atomic E-state index is 0.779. The standard InChI is InChI=1S/C17H32N2/c1-14(2)8-11-19-12-9-17(10-13-19)18-16-6-4-15(3)5-7-16/h8,15-18H,4-7,9-13H2,1-3H3. The zero-order valence-corrected chi connectivity index (χ0v) is 13.1. The Hall–Kier alpha value is -0.340. The molecule has 0 unspecified atom stereocenters. The molecule has 2 fully saturated rings. The zero-order valence-electron chi connectivity index (χ0n) is 13.1. The van der Waals surface area contributed by atoms with Crippen molar-refractivity contribution in [1.82, 2.24) is 10.2 Å². The predicted octanol–water partition coefficient (Wildman–Crippen LogP) is 3.59. The first kappa shape index (κ1) is 15.1. The molecule has 110 valence electrons. The number of allylic oxidation sites excluding steroid dienone is 1. The van der Waals surface area contributed by atoms with Crippen LogP contribution in [0.2, 0.25) is 0 Å². The lowest BCUT2D eigenvalue weighted by Crippen LogP contribution is -2.47. The summed E-state index contributed by atoms with van der Waals surface area (Å²) in [5.74, 6) is 0.962. The number of likely N-dealkylation sites (tertiary alicyclic amines) is 1. The van der Waals surface area contributed by atoms with E-state index < -0.39 is 0 Å². The molecule has 1 saturated heterocycles. The minimum Gasteiger partial charge on any atom is -0.311 e. The molecule has 19 heavy (non-hydrogen) atoms. The molecule has 0 aromatic rings. The zero-order chi connectivity index (χ0) is 13.7. The summed E-state index contributed by atoms with van der Waals surface area (Å²) in [6, 6.07) is 1.59. The number of rotatable bonds is 4. The third-order valence-electron chi connectivity index (χ3n) is 4.83. The van der Waals surface area contributed by atoms with Crippen LogP contribution in [0.5, 0.6) is 0 Å². The highest BCUT2D eigenvalue weighted by Crippen LogP contribution is 2.24. The molecular formula is C17H32N2. The first-order valence-electron chi connectivity index (χ1n) is 8.25. The summed E-state index contributed by atoms with van der Waals surface area (Å²) in [7, 11) is 0. The molecule has 2 rings (SSSR count). The third kappa shape index (κ3) is 5.27. The van der Waals surface area contributed by atoms with E-state index in [0.29, 0.717) is 0 Å². The number of hydrogen-bond donors (Lipinski definition) is 1. The van der Waals surface area contributed by atoms with Crippen LogP contribution in [0, 0.1) is 5.92 Å². The first-order valence-corrected chi connectivity index (χ1v) is 8.25. The average molecular weight is 264 g/mol. The third-order valence-corrected chi connectivity index (χ3v) is 4.83. The molecule has 0 atom stereocenters. The summed E-state index contributed by atoms with van der Waals surface area (Å²) in [5.41, 5.74) is 1.44. The predicted molar refractivity (Wildman–Crippen MR) is 83.4 cm³/mol. The Morgan fingerprint density at radius 2 is 1.58 bits per heavy atom. The van der Waals surface area contributed by atoms with Gasteiger partial charge < -0.3 is 5.32 Å². The lowest BCUT2D eigenvalue weighted by Gasteiger charge is -2.36. The normalized spacial score (nSPS) is 30.3. The van der Waals surface area contributed by atoms with Gasteiger partial charge in [0.05, 0.1) is 0 Å². The largest absolute Gasteiger partial charge is 0.311 e. The van der Waals surface area contributed by atoms with Crippen molar-refractivity contribution >= 4 is 0 Å². The highest BCUT2D eigenvalue weighted by atomic mass is 15.1. The second-order valence-corrected chi connectivity index (χ2v) is 6.98. The van der Waals surface area contributed by atoms with E-state index in [2.05, 4.69) is 37.1 Å². The average Bonchev–Trinajstić information content (AvgIpc) is 2.40. The van der Waals surface area contributed by atoms with Crippen LogP contribution in [0.15, 0.2) is 11.6 Å². The fourth-order valence-electron chi connectivity index (χ4n) is 3.35.